The molecular formula is C13H21N3. The third-order valence-corrected chi connectivity index (χ3v) is 3.84. The molecule has 0 radical (unpaired) electrons. The van der Waals surface area contributed by atoms with Gasteiger partial charge in [-0.2, -0.15) is 0 Å². The number of nitrogens with zero attached hydrogens (tertiary/aromatic N) is 2. The maximum absolute atomic E-state index is 4.77. The molecule has 1 N–H and O–H groups in total. The van der Waals surface area contributed by atoms with Gasteiger partial charge in [0, 0.05) is 38.2 Å². The van der Waals surface area contributed by atoms with Crippen LogP contribution in [0.25, 0.3) is 0 Å². The van der Waals surface area contributed by atoms with Gasteiger partial charge >= 0.3 is 0 Å². The fourth-order valence-electron chi connectivity index (χ4n) is 2.68. The molecule has 0 saturated heterocycles. The number of fused-ring (bicyclic) bond motifs is 1. The number of imidazole rings is 1. The van der Waals surface area contributed by atoms with Crippen molar-refractivity contribution in [2.75, 3.05) is 6.54 Å². The van der Waals surface area contributed by atoms with Crippen molar-refractivity contribution in [1.82, 2.24) is 14.9 Å². The molecule has 3 nitrogen and oxygen atoms in total. The molecule has 0 spiro atoms. The molecule has 1 aliphatic carbocycles. The number of aromatic nitrogens is 2. The second-order valence-corrected chi connectivity index (χ2v) is 5.09. The van der Waals surface area contributed by atoms with Gasteiger partial charge in [-0.3, -0.25) is 0 Å². The van der Waals surface area contributed by atoms with Crippen LogP contribution >= 0.6 is 0 Å². The van der Waals surface area contributed by atoms with E-state index in [-0.39, 0.29) is 0 Å². The summed E-state index contributed by atoms with van der Waals surface area (Å²) in [6, 6.07) is 0. The monoisotopic (exact) mass is 219 g/mol. The first kappa shape index (κ1) is 10.3. The largest absolute Gasteiger partial charge is 0.332 e. The second kappa shape index (κ2) is 4.21. The van der Waals surface area contributed by atoms with E-state index in [1.54, 1.807) is 0 Å². The third-order valence-electron chi connectivity index (χ3n) is 3.84. The van der Waals surface area contributed by atoms with Crippen LogP contribution in [0.4, 0.5) is 0 Å². The van der Waals surface area contributed by atoms with Gasteiger partial charge in [-0.1, -0.05) is 19.8 Å². The van der Waals surface area contributed by atoms with Crippen molar-refractivity contribution in [2.45, 2.75) is 52.1 Å². The van der Waals surface area contributed by atoms with Crippen LogP contribution in [0.2, 0.25) is 0 Å². The highest BCUT2D eigenvalue weighted by Crippen LogP contribution is 2.33. The highest BCUT2D eigenvalue weighted by molar-refractivity contribution is 5.20. The maximum Gasteiger partial charge on any atom is 0.108 e. The molecule has 0 amide bonds. The number of aryl methyl sites for hydroxylation is 1. The lowest BCUT2D eigenvalue weighted by Gasteiger charge is -2.16. The average molecular weight is 219 g/mol. The van der Waals surface area contributed by atoms with Crippen molar-refractivity contribution < 1.29 is 0 Å². The van der Waals surface area contributed by atoms with E-state index < -0.39 is 0 Å². The van der Waals surface area contributed by atoms with Gasteiger partial charge < -0.3 is 9.88 Å². The fraction of sp³-hybridized carbons (Fsp3) is 0.769. The summed E-state index contributed by atoms with van der Waals surface area (Å²) >= 11 is 0. The van der Waals surface area contributed by atoms with E-state index in [1.807, 2.05) is 0 Å². The Morgan fingerprint density at radius 2 is 2.31 bits per heavy atom. The summed E-state index contributed by atoms with van der Waals surface area (Å²) < 4.78 is 2.51. The van der Waals surface area contributed by atoms with Crippen molar-refractivity contribution in [3.05, 3.63) is 17.2 Å². The summed E-state index contributed by atoms with van der Waals surface area (Å²) in [5.74, 6) is 2.32. The molecule has 1 aliphatic heterocycles. The van der Waals surface area contributed by atoms with E-state index in [4.69, 9.17) is 4.98 Å². The van der Waals surface area contributed by atoms with Crippen LogP contribution in [0.3, 0.4) is 0 Å². The van der Waals surface area contributed by atoms with Crippen LogP contribution in [-0.2, 0) is 25.9 Å². The second-order valence-electron chi connectivity index (χ2n) is 5.09. The Kier molecular flexibility index (Phi) is 2.72. The topological polar surface area (TPSA) is 29.9 Å². The predicted octanol–water partition coefficient (Wildman–Crippen LogP) is 1.89. The van der Waals surface area contributed by atoms with Gasteiger partial charge in [-0.25, -0.2) is 4.98 Å². The van der Waals surface area contributed by atoms with Crippen LogP contribution in [-0.4, -0.2) is 16.1 Å². The summed E-state index contributed by atoms with van der Waals surface area (Å²) in [4.78, 5) is 4.77. The number of hydrogen-bond donors (Lipinski definition) is 1. The van der Waals surface area contributed by atoms with Crippen molar-refractivity contribution in [2.24, 2.45) is 5.92 Å². The smallest absolute Gasteiger partial charge is 0.108 e. The van der Waals surface area contributed by atoms with E-state index in [0.717, 1.165) is 31.8 Å². The Balaban J connectivity index is 1.83. The lowest BCUT2D eigenvalue weighted by molar-refractivity contribution is 0.539. The van der Waals surface area contributed by atoms with Gasteiger partial charge in [0.25, 0.3) is 0 Å². The minimum Gasteiger partial charge on any atom is -0.332 e. The molecule has 16 heavy (non-hydrogen) atoms. The summed E-state index contributed by atoms with van der Waals surface area (Å²) in [7, 11) is 0. The van der Waals surface area contributed by atoms with E-state index in [0.29, 0.717) is 0 Å². The van der Waals surface area contributed by atoms with E-state index in [2.05, 4.69) is 16.8 Å². The maximum atomic E-state index is 4.77. The average Bonchev–Trinajstić information content (AvgIpc) is 3.07. The molecule has 2 aliphatic rings. The van der Waals surface area contributed by atoms with Gasteiger partial charge in [0.05, 0.1) is 5.69 Å². The minimum atomic E-state index is 0.971. The van der Waals surface area contributed by atoms with E-state index in [1.165, 1.54) is 43.0 Å². The van der Waals surface area contributed by atoms with Crippen molar-refractivity contribution in [3.8, 4) is 0 Å². The molecular weight excluding hydrogens is 198 g/mol. The molecule has 0 bridgehead atoms. The summed E-state index contributed by atoms with van der Waals surface area (Å²) in [6.45, 7) is 5.51. The van der Waals surface area contributed by atoms with Crippen molar-refractivity contribution >= 4 is 0 Å². The van der Waals surface area contributed by atoms with Gasteiger partial charge in [0.2, 0.25) is 0 Å². The lowest BCUT2D eigenvalue weighted by atomic mass is 10.2. The number of hydrogen-bond acceptors (Lipinski definition) is 2. The van der Waals surface area contributed by atoms with Crippen molar-refractivity contribution in [3.63, 3.8) is 0 Å². The third kappa shape index (κ3) is 1.88. The van der Waals surface area contributed by atoms with E-state index >= 15 is 0 Å². The molecule has 2 heterocycles. The Bertz CT molecular complexity index is 377. The zero-order valence-electron chi connectivity index (χ0n) is 10.1. The fourth-order valence-corrected chi connectivity index (χ4v) is 2.68. The van der Waals surface area contributed by atoms with Crippen LogP contribution in [0, 0.1) is 5.92 Å². The predicted molar refractivity (Wildman–Crippen MR) is 64.4 cm³/mol. The highest BCUT2D eigenvalue weighted by Gasteiger charge is 2.23. The summed E-state index contributed by atoms with van der Waals surface area (Å²) in [6.07, 6.45) is 6.51. The van der Waals surface area contributed by atoms with Gasteiger partial charge in [0.15, 0.2) is 0 Å². The standard InChI is InChI=1S/C13H21N3/c1-2-13-15-11-9-14-7-5-12(11)16(13)8-6-10-3-4-10/h10,14H,2-9H2,1H3. The molecule has 88 valence electrons. The summed E-state index contributed by atoms with van der Waals surface area (Å²) in [5.41, 5.74) is 2.81. The minimum absolute atomic E-state index is 0.971. The molecule has 0 unspecified atom stereocenters. The Morgan fingerprint density at radius 1 is 1.44 bits per heavy atom. The highest BCUT2D eigenvalue weighted by atomic mass is 15.1. The SMILES string of the molecule is CCc1nc2c(n1CCC1CC1)CCNC2. The van der Waals surface area contributed by atoms with Crippen LogP contribution in [0.5, 0.6) is 0 Å². The normalized spacial score (nSPS) is 19.8. The van der Waals surface area contributed by atoms with Gasteiger partial charge in [0.1, 0.15) is 5.82 Å². The lowest BCUT2D eigenvalue weighted by Crippen LogP contribution is -2.25. The molecule has 3 heteroatoms. The van der Waals surface area contributed by atoms with Gasteiger partial charge in [-0.05, 0) is 12.3 Å². The first-order chi connectivity index (χ1) is 7.88. The van der Waals surface area contributed by atoms with E-state index in [9.17, 15) is 0 Å². The summed E-state index contributed by atoms with van der Waals surface area (Å²) in [5, 5.41) is 3.41. The van der Waals surface area contributed by atoms with Crippen LogP contribution in [0.15, 0.2) is 0 Å². The number of nitrogens with one attached hydrogen (secondary N) is 1. The van der Waals surface area contributed by atoms with Crippen molar-refractivity contribution in [1.29, 1.82) is 0 Å². The Labute approximate surface area is 97.3 Å². The van der Waals surface area contributed by atoms with Crippen LogP contribution in [0.1, 0.15) is 43.4 Å². The quantitative estimate of drug-likeness (QED) is 0.838. The molecule has 0 aromatic carbocycles. The molecule has 1 aromatic rings. The number of rotatable bonds is 4. The zero-order valence-corrected chi connectivity index (χ0v) is 10.1. The zero-order chi connectivity index (χ0) is 11.0. The Hall–Kier alpha value is -0.830. The molecule has 0 atom stereocenters. The first-order valence-electron chi connectivity index (χ1n) is 6.66. The molecule has 3 rings (SSSR count). The van der Waals surface area contributed by atoms with Gasteiger partial charge in [-0.15, -0.1) is 0 Å². The first-order valence-corrected chi connectivity index (χ1v) is 6.66. The van der Waals surface area contributed by atoms with Crippen LogP contribution < -0.4 is 5.32 Å². The Morgan fingerprint density at radius 3 is 3.06 bits per heavy atom. The molecule has 1 aromatic heterocycles. The molecule has 1 fully saturated rings. The molecule has 1 saturated carbocycles.